The minimum Gasteiger partial charge on any atom is -0.357 e. The van der Waals surface area contributed by atoms with Crippen LogP contribution in [0.4, 0.5) is 13.2 Å². The van der Waals surface area contributed by atoms with Crippen LogP contribution in [-0.4, -0.2) is 30.1 Å². The normalized spacial score (nSPS) is 14.3. The van der Waals surface area contributed by atoms with E-state index in [2.05, 4.69) is 41.4 Å². The fourth-order valence-corrected chi connectivity index (χ4v) is 2.32. The molecular weight excluding hydrogens is 313 g/mol. The lowest BCUT2D eigenvalue weighted by atomic mass is 10.1. The number of aromatic nitrogens is 1. The van der Waals surface area contributed by atoms with Gasteiger partial charge < -0.3 is 10.6 Å². The maximum Gasteiger partial charge on any atom is 0.434 e. The van der Waals surface area contributed by atoms with E-state index in [9.17, 15) is 13.2 Å². The van der Waals surface area contributed by atoms with Crippen molar-refractivity contribution in [3.05, 3.63) is 16.1 Å². The Hall–Kier alpha value is -1.31. The minimum atomic E-state index is -4.37. The number of halogens is 3. The summed E-state index contributed by atoms with van der Waals surface area (Å²) in [4.78, 5) is 7.98. The highest BCUT2D eigenvalue weighted by atomic mass is 32.1. The van der Waals surface area contributed by atoms with Gasteiger partial charge in [0.25, 0.3) is 0 Å². The fourth-order valence-electron chi connectivity index (χ4n) is 1.52. The highest BCUT2D eigenvalue weighted by molar-refractivity contribution is 7.09. The number of hydrogen-bond donors (Lipinski definition) is 2. The predicted molar refractivity (Wildman–Crippen MR) is 84.2 cm³/mol. The second-order valence-corrected chi connectivity index (χ2v) is 6.25. The van der Waals surface area contributed by atoms with Crippen LogP contribution in [-0.2, 0) is 12.6 Å². The summed E-state index contributed by atoms with van der Waals surface area (Å²) in [6, 6.07) is 0.259. The molecule has 1 heterocycles. The maximum atomic E-state index is 12.5. The van der Waals surface area contributed by atoms with Gasteiger partial charge in [-0.05, 0) is 19.8 Å². The Morgan fingerprint density at radius 1 is 1.36 bits per heavy atom. The van der Waals surface area contributed by atoms with Crippen LogP contribution in [0.3, 0.4) is 0 Å². The summed E-state index contributed by atoms with van der Waals surface area (Å²) in [5.41, 5.74) is -0.824. The molecule has 0 fully saturated rings. The van der Waals surface area contributed by atoms with Crippen LogP contribution in [0.25, 0.3) is 0 Å². The van der Waals surface area contributed by atoms with E-state index in [1.54, 1.807) is 0 Å². The molecule has 0 radical (unpaired) electrons. The van der Waals surface area contributed by atoms with Gasteiger partial charge in [0.15, 0.2) is 11.7 Å². The van der Waals surface area contributed by atoms with E-state index in [1.807, 2.05) is 6.92 Å². The first-order valence-electron chi connectivity index (χ1n) is 7.30. The van der Waals surface area contributed by atoms with Gasteiger partial charge in [-0.2, -0.15) is 13.2 Å². The summed E-state index contributed by atoms with van der Waals surface area (Å²) in [6.07, 6.45) is -3.98. The third kappa shape index (κ3) is 6.21. The van der Waals surface area contributed by atoms with Crippen molar-refractivity contribution in [1.29, 1.82) is 0 Å². The van der Waals surface area contributed by atoms with Gasteiger partial charge in [0.1, 0.15) is 0 Å². The van der Waals surface area contributed by atoms with Gasteiger partial charge in [-0.25, -0.2) is 4.98 Å². The lowest BCUT2D eigenvalue weighted by Gasteiger charge is -2.20. The first-order chi connectivity index (χ1) is 10.2. The lowest BCUT2D eigenvalue weighted by Crippen LogP contribution is -2.44. The molecule has 1 aromatic rings. The van der Waals surface area contributed by atoms with Gasteiger partial charge in [-0.15, -0.1) is 11.3 Å². The van der Waals surface area contributed by atoms with Crippen molar-refractivity contribution in [2.24, 2.45) is 10.9 Å². The van der Waals surface area contributed by atoms with Gasteiger partial charge in [-0.1, -0.05) is 13.8 Å². The lowest BCUT2D eigenvalue weighted by molar-refractivity contribution is -0.140. The van der Waals surface area contributed by atoms with Gasteiger partial charge in [-0.3, -0.25) is 4.99 Å². The van der Waals surface area contributed by atoms with Crippen LogP contribution < -0.4 is 10.6 Å². The molecule has 0 aliphatic carbocycles. The number of guanidine groups is 1. The first-order valence-corrected chi connectivity index (χ1v) is 8.18. The number of nitrogens with one attached hydrogen (secondary N) is 2. The monoisotopic (exact) mass is 336 g/mol. The van der Waals surface area contributed by atoms with E-state index in [4.69, 9.17) is 0 Å². The molecule has 1 atom stereocenters. The van der Waals surface area contributed by atoms with E-state index in [0.717, 1.165) is 23.3 Å². The van der Waals surface area contributed by atoms with Crippen molar-refractivity contribution in [1.82, 2.24) is 15.6 Å². The first kappa shape index (κ1) is 18.7. The molecule has 1 rings (SSSR count). The molecule has 0 spiro atoms. The van der Waals surface area contributed by atoms with Crippen molar-refractivity contribution in [2.45, 2.75) is 46.3 Å². The summed E-state index contributed by atoms with van der Waals surface area (Å²) >= 11 is 1.02. The largest absolute Gasteiger partial charge is 0.434 e. The Balaban J connectivity index is 2.58. The van der Waals surface area contributed by atoms with Gasteiger partial charge >= 0.3 is 6.18 Å². The van der Waals surface area contributed by atoms with Crippen molar-refractivity contribution < 1.29 is 13.2 Å². The number of aliphatic imine (C=N–C) groups is 1. The number of rotatable bonds is 6. The molecule has 0 saturated heterocycles. The molecule has 126 valence electrons. The zero-order valence-electron chi connectivity index (χ0n) is 13.3. The van der Waals surface area contributed by atoms with Crippen molar-refractivity contribution in [3.63, 3.8) is 0 Å². The summed E-state index contributed by atoms with van der Waals surface area (Å²) in [6.45, 7) is 9.36. The Labute approximate surface area is 133 Å². The standard InChI is InChI=1S/C14H23F3N4S/c1-5-18-13(20-10(4)9(2)3)19-7-6-12-21-11(8-22-12)14(15,16)17/h8-10H,5-7H2,1-4H3,(H2,18,19,20). The number of alkyl halides is 3. The highest BCUT2D eigenvalue weighted by Gasteiger charge is 2.33. The predicted octanol–water partition coefficient (Wildman–Crippen LogP) is 3.30. The second-order valence-electron chi connectivity index (χ2n) is 5.31. The molecule has 1 unspecified atom stereocenters. The number of hydrogen-bond acceptors (Lipinski definition) is 3. The Kier molecular flexibility index (Phi) is 7.12. The topological polar surface area (TPSA) is 49.3 Å². The summed E-state index contributed by atoms with van der Waals surface area (Å²) < 4.78 is 37.4. The average molecular weight is 336 g/mol. The molecule has 0 bridgehead atoms. The van der Waals surface area contributed by atoms with E-state index in [-0.39, 0.29) is 6.04 Å². The summed E-state index contributed by atoms with van der Waals surface area (Å²) in [5.74, 6) is 1.13. The van der Waals surface area contributed by atoms with Crippen LogP contribution in [0.5, 0.6) is 0 Å². The summed E-state index contributed by atoms with van der Waals surface area (Å²) in [5, 5.41) is 7.89. The van der Waals surface area contributed by atoms with Gasteiger partial charge in [0.2, 0.25) is 0 Å². The minimum absolute atomic E-state index is 0.259. The van der Waals surface area contributed by atoms with Crippen LogP contribution in [0.1, 0.15) is 38.4 Å². The molecule has 4 nitrogen and oxygen atoms in total. The Morgan fingerprint density at radius 2 is 2.05 bits per heavy atom. The second kappa shape index (κ2) is 8.36. The SMILES string of the molecule is CCNC(=NCCc1nc(C(F)(F)F)cs1)NC(C)C(C)C. The molecule has 0 saturated carbocycles. The fraction of sp³-hybridized carbons (Fsp3) is 0.714. The maximum absolute atomic E-state index is 12.5. The zero-order valence-corrected chi connectivity index (χ0v) is 14.1. The number of nitrogens with zero attached hydrogens (tertiary/aromatic N) is 2. The molecule has 2 N–H and O–H groups in total. The van der Waals surface area contributed by atoms with E-state index < -0.39 is 11.9 Å². The van der Waals surface area contributed by atoms with Crippen LogP contribution in [0.15, 0.2) is 10.4 Å². The molecule has 0 amide bonds. The molecular formula is C14H23F3N4S. The zero-order chi connectivity index (χ0) is 16.8. The van der Waals surface area contributed by atoms with Gasteiger partial charge in [0, 0.05) is 30.9 Å². The quantitative estimate of drug-likeness (QED) is 0.619. The summed E-state index contributed by atoms with van der Waals surface area (Å²) in [7, 11) is 0. The third-order valence-corrected chi connectivity index (χ3v) is 4.05. The average Bonchev–Trinajstić information content (AvgIpc) is 2.87. The third-order valence-electron chi connectivity index (χ3n) is 3.15. The highest BCUT2D eigenvalue weighted by Crippen LogP contribution is 2.30. The van der Waals surface area contributed by atoms with Crippen LogP contribution in [0, 0.1) is 5.92 Å². The van der Waals surface area contributed by atoms with E-state index in [0.29, 0.717) is 29.9 Å². The van der Waals surface area contributed by atoms with Crippen molar-refractivity contribution in [3.8, 4) is 0 Å². The van der Waals surface area contributed by atoms with E-state index >= 15 is 0 Å². The molecule has 0 aliphatic heterocycles. The van der Waals surface area contributed by atoms with Crippen LogP contribution >= 0.6 is 11.3 Å². The van der Waals surface area contributed by atoms with Crippen LogP contribution in [0.2, 0.25) is 0 Å². The Morgan fingerprint density at radius 3 is 2.55 bits per heavy atom. The molecule has 1 aromatic heterocycles. The smallest absolute Gasteiger partial charge is 0.357 e. The molecule has 22 heavy (non-hydrogen) atoms. The molecule has 8 heteroatoms. The van der Waals surface area contributed by atoms with Crippen molar-refractivity contribution >= 4 is 17.3 Å². The molecule has 0 aliphatic rings. The molecule has 0 aromatic carbocycles. The van der Waals surface area contributed by atoms with Gasteiger partial charge in [0.05, 0.1) is 5.01 Å². The Bertz CT molecular complexity index is 483. The van der Waals surface area contributed by atoms with Crippen molar-refractivity contribution in [2.75, 3.05) is 13.1 Å². The van der Waals surface area contributed by atoms with E-state index in [1.165, 1.54) is 0 Å². The number of thiazole rings is 1.